The molecule has 0 bridgehead atoms. The monoisotopic (exact) mass is 723 g/mol. The maximum absolute atomic E-state index is 12.5. The minimum atomic E-state index is -1.79. The number of rotatable bonds is 17. The van der Waals surface area contributed by atoms with E-state index in [0.717, 1.165) is 13.3 Å². The second-order valence-corrected chi connectivity index (χ2v) is 12.5. The van der Waals surface area contributed by atoms with E-state index in [9.17, 15) is 50.1 Å². The standard InChI is InChI=1S/C31H53N3O16/c1-5-19(39)32-10-8-6-7-9-11-45-29-21(34-16(4)38)28(50-31-26(44)25(43)22(40)14(2)46-31)27(18(13-36)48-29)49-30-20(33-15(3)37)24(42)23(41)17(12-35)47-30/h5,14,17-18,20-31,35-36,40-44H,1,6-13H2,2-4H3,(H,32,39)(H,33,37)(H,34,38)/t14-,17+,18+,20+,21+,22+,23+,24+,25+,26-,27+,28+,29+,30-,31-/m0/s1. The molecule has 3 aliphatic heterocycles. The van der Waals surface area contributed by atoms with Crippen LogP contribution < -0.4 is 16.0 Å². The molecule has 3 saturated heterocycles. The first kappa shape index (κ1) is 42.0. The SMILES string of the molecule is C=CC(=O)NCCCCCCO[C@@H]1O[C@H](CO)[C@@H](O[C@@H]2O[C@H](CO)[C@@H](O)[C@H](O)[C@H]2NC(C)=O)[C@H](O[C@@H]2O[C@@H](C)[C@@H](O)[C@@H](O)[C@@H]2O)[C@H]1NC(C)=O. The Morgan fingerprint density at radius 1 is 0.700 bits per heavy atom. The highest BCUT2D eigenvalue weighted by Crippen LogP contribution is 2.34. The third kappa shape index (κ3) is 11.1. The van der Waals surface area contributed by atoms with Crippen molar-refractivity contribution in [3.63, 3.8) is 0 Å². The Kier molecular flexibility index (Phi) is 16.8. The highest BCUT2D eigenvalue weighted by Gasteiger charge is 2.55. The van der Waals surface area contributed by atoms with Crippen LogP contribution in [0, 0.1) is 0 Å². The topological polar surface area (TPSA) is 284 Å². The van der Waals surface area contributed by atoms with Crippen molar-refractivity contribution < 1.29 is 78.6 Å². The summed E-state index contributed by atoms with van der Waals surface area (Å²) in [5.41, 5.74) is 0. The van der Waals surface area contributed by atoms with Crippen molar-refractivity contribution in [2.45, 2.75) is 138 Å². The van der Waals surface area contributed by atoms with Crippen molar-refractivity contribution in [1.29, 1.82) is 0 Å². The Labute approximate surface area is 289 Å². The summed E-state index contributed by atoms with van der Waals surface area (Å²) in [6, 6.07) is -2.64. The van der Waals surface area contributed by atoms with E-state index in [1.807, 2.05) is 0 Å². The lowest BCUT2D eigenvalue weighted by molar-refractivity contribution is -0.365. The van der Waals surface area contributed by atoms with E-state index in [4.69, 9.17) is 28.4 Å². The second-order valence-electron chi connectivity index (χ2n) is 12.5. The summed E-state index contributed by atoms with van der Waals surface area (Å²) in [7, 11) is 0. The van der Waals surface area contributed by atoms with E-state index >= 15 is 0 Å². The number of aliphatic hydroxyl groups excluding tert-OH is 7. The molecule has 50 heavy (non-hydrogen) atoms. The first-order valence-electron chi connectivity index (χ1n) is 16.7. The fraction of sp³-hybridized carbons (Fsp3) is 0.839. The largest absolute Gasteiger partial charge is 0.394 e. The van der Waals surface area contributed by atoms with E-state index < -0.39 is 117 Å². The lowest BCUT2D eigenvalue weighted by atomic mass is 9.93. The molecule has 3 amide bonds. The van der Waals surface area contributed by atoms with E-state index in [2.05, 4.69) is 22.5 Å². The molecule has 3 aliphatic rings. The fourth-order valence-corrected chi connectivity index (χ4v) is 5.99. The van der Waals surface area contributed by atoms with Crippen LogP contribution in [0.25, 0.3) is 0 Å². The molecule has 288 valence electrons. The molecule has 10 N–H and O–H groups in total. The maximum Gasteiger partial charge on any atom is 0.243 e. The number of nitrogens with one attached hydrogen (secondary N) is 3. The molecular weight excluding hydrogens is 670 g/mol. The molecule has 0 aromatic carbocycles. The normalized spacial score (nSPS) is 39.0. The van der Waals surface area contributed by atoms with Crippen molar-refractivity contribution in [2.75, 3.05) is 26.4 Å². The summed E-state index contributed by atoms with van der Waals surface area (Å²) in [6.07, 6.45) is -15.4. The average molecular weight is 724 g/mol. The van der Waals surface area contributed by atoms with Gasteiger partial charge in [-0.3, -0.25) is 14.4 Å². The molecular formula is C31H53N3O16. The van der Waals surface area contributed by atoms with Crippen LogP contribution in [0.1, 0.15) is 46.5 Å². The summed E-state index contributed by atoms with van der Waals surface area (Å²) in [4.78, 5) is 35.9. The van der Waals surface area contributed by atoms with Gasteiger partial charge in [-0.05, 0) is 25.8 Å². The van der Waals surface area contributed by atoms with Crippen LogP contribution in [-0.4, -0.2) is 172 Å². The number of amides is 3. The van der Waals surface area contributed by atoms with Crippen molar-refractivity contribution in [3.05, 3.63) is 12.7 Å². The van der Waals surface area contributed by atoms with Crippen LogP contribution in [0.15, 0.2) is 12.7 Å². The van der Waals surface area contributed by atoms with Gasteiger partial charge in [-0.1, -0.05) is 19.4 Å². The van der Waals surface area contributed by atoms with Gasteiger partial charge < -0.3 is 80.1 Å². The smallest absolute Gasteiger partial charge is 0.243 e. The Morgan fingerprint density at radius 3 is 1.92 bits per heavy atom. The molecule has 0 unspecified atom stereocenters. The maximum atomic E-state index is 12.5. The summed E-state index contributed by atoms with van der Waals surface area (Å²) in [6.45, 7) is 6.32. The number of hydrogen-bond donors (Lipinski definition) is 10. The third-order valence-electron chi connectivity index (χ3n) is 8.68. The van der Waals surface area contributed by atoms with E-state index in [0.29, 0.717) is 25.8 Å². The Hall–Kier alpha value is -2.37. The van der Waals surface area contributed by atoms with Gasteiger partial charge in [0.05, 0.1) is 19.3 Å². The van der Waals surface area contributed by atoms with Crippen LogP contribution >= 0.6 is 0 Å². The number of aliphatic hydroxyl groups is 7. The summed E-state index contributed by atoms with van der Waals surface area (Å²) >= 11 is 0. The van der Waals surface area contributed by atoms with Gasteiger partial charge >= 0.3 is 0 Å². The number of carbonyl (C=O) groups is 3. The number of carbonyl (C=O) groups excluding carboxylic acids is 3. The lowest BCUT2D eigenvalue weighted by Crippen LogP contribution is -2.70. The zero-order valence-electron chi connectivity index (χ0n) is 28.4. The predicted molar refractivity (Wildman–Crippen MR) is 168 cm³/mol. The summed E-state index contributed by atoms with van der Waals surface area (Å²) < 4.78 is 35.9. The molecule has 19 nitrogen and oxygen atoms in total. The highest BCUT2D eigenvalue weighted by molar-refractivity contribution is 5.86. The van der Waals surface area contributed by atoms with Gasteiger partial charge in [0.1, 0.15) is 67.0 Å². The quantitative estimate of drug-likeness (QED) is 0.0501. The first-order chi connectivity index (χ1) is 23.7. The second kappa shape index (κ2) is 20.0. The van der Waals surface area contributed by atoms with Gasteiger partial charge in [0.2, 0.25) is 17.7 Å². The number of unbranched alkanes of at least 4 members (excludes halogenated alkanes) is 3. The summed E-state index contributed by atoms with van der Waals surface area (Å²) in [5, 5.41) is 81.0. The lowest BCUT2D eigenvalue weighted by Gasteiger charge is -2.50. The number of ether oxygens (including phenoxy) is 6. The molecule has 0 aliphatic carbocycles. The van der Waals surface area contributed by atoms with Gasteiger partial charge in [0.25, 0.3) is 0 Å². The van der Waals surface area contributed by atoms with E-state index in [1.54, 1.807) is 0 Å². The molecule has 0 spiro atoms. The van der Waals surface area contributed by atoms with Gasteiger partial charge in [-0.25, -0.2) is 0 Å². The van der Waals surface area contributed by atoms with Gasteiger partial charge in [0, 0.05) is 27.0 Å². The van der Waals surface area contributed by atoms with E-state index in [-0.39, 0.29) is 12.5 Å². The van der Waals surface area contributed by atoms with Crippen LogP contribution in [0.5, 0.6) is 0 Å². The molecule has 19 heteroatoms. The van der Waals surface area contributed by atoms with Crippen molar-refractivity contribution in [3.8, 4) is 0 Å². The van der Waals surface area contributed by atoms with Crippen LogP contribution in [-0.2, 0) is 42.8 Å². The first-order valence-corrected chi connectivity index (χ1v) is 16.7. The Morgan fingerprint density at radius 2 is 1.30 bits per heavy atom. The molecule has 0 aromatic rings. The summed E-state index contributed by atoms with van der Waals surface area (Å²) in [5.74, 6) is -1.46. The molecule has 15 atom stereocenters. The van der Waals surface area contributed by atoms with Gasteiger partial charge in [0.15, 0.2) is 18.9 Å². The predicted octanol–water partition coefficient (Wildman–Crippen LogP) is -4.37. The van der Waals surface area contributed by atoms with Crippen molar-refractivity contribution in [2.24, 2.45) is 0 Å². The zero-order chi connectivity index (χ0) is 37.1. The average Bonchev–Trinajstić information content (AvgIpc) is 3.08. The highest BCUT2D eigenvalue weighted by atomic mass is 16.8. The molecule has 3 rings (SSSR count). The molecule has 3 heterocycles. The zero-order valence-corrected chi connectivity index (χ0v) is 28.4. The fourth-order valence-electron chi connectivity index (χ4n) is 5.99. The minimum Gasteiger partial charge on any atom is -0.394 e. The number of hydrogen-bond acceptors (Lipinski definition) is 16. The van der Waals surface area contributed by atoms with Crippen LogP contribution in [0.4, 0.5) is 0 Å². The Balaban J connectivity index is 1.90. The van der Waals surface area contributed by atoms with Crippen LogP contribution in [0.2, 0.25) is 0 Å². The molecule has 0 radical (unpaired) electrons. The third-order valence-corrected chi connectivity index (χ3v) is 8.68. The van der Waals surface area contributed by atoms with Crippen LogP contribution in [0.3, 0.4) is 0 Å². The Bertz CT molecular complexity index is 1100. The van der Waals surface area contributed by atoms with Crippen molar-refractivity contribution >= 4 is 17.7 Å². The molecule has 0 aromatic heterocycles. The molecule has 0 saturated carbocycles. The van der Waals surface area contributed by atoms with Gasteiger partial charge in [-0.2, -0.15) is 0 Å². The van der Waals surface area contributed by atoms with Gasteiger partial charge in [-0.15, -0.1) is 0 Å². The molecule has 3 fully saturated rings. The van der Waals surface area contributed by atoms with Crippen molar-refractivity contribution in [1.82, 2.24) is 16.0 Å². The minimum absolute atomic E-state index is 0.124. The van der Waals surface area contributed by atoms with E-state index in [1.165, 1.54) is 19.9 Å².